The van der Waals surface area contributed by atoms with Gasteiger partial charge in [-0.1, -0.05) is 36.4 Å². The van der Waals surface area contributed by atoms with Crippen LogP contribution in [0.1, 0.15) is 0 Å². The topological polar surface area (TPSA) is 81.6 Å². The van der Waals surface area contributed by atoms with Crippen LogP contribution in [0.4, 0.5) is 16.2 Å². The molecular weight excluding hydrogens is 280 g/mol. The number of fused-ring (bicyclic) bond motifs is 1. The maximum absolute atomic E-state index is 12.1. The van der Waals surface area contributed by atoms with Crippen molar-refractivity contribution >= 4 is 28.2 Å². The van der Waals surface area contributed by atoms with E-state index in [0.29, 0.717) is 11.4 Å². The Morgan fingerprint density at radius 3 is 2.27 bits per heavy atom. The molecule has 0 aliphatic carbocycles. The van der Waals surface area contributed by atoms with Crippen molar-refractivity contribution < 1.29 is 15.0 Å². The predicted molar refractivity (Wildman–Crippen MR) is 86.4 cm³/mol. The lowest BCUT2D eigenvalue weighted by molar-refractivity contribution is 0.262. The Morgan fingerprint density at radius 1 is 0.818 bits per heavy atom. The van der Waals surface area contributed by atoms with Gasteiger partial charge >= 0.3 is 6.03 Å². The lowest BCUT2D eigenvalue weighted by atomic mass is 10.1. The van der Waals surface area contributed by atoms with Gasteiger partial charge in [0.2, 0.25) is 0 Å². The molecule has 0 saturated heterocycles. The molecule has 110 valence electrons. The van der Waals surface area contributed by atoms with Crippen molar-refractivity contribution in [3.05, 3.63) is 60.7 Å². The van der Waals surface area contributed by atoms with Crippen LogP contribution in [0.5, 0.6) is 11.5 Å². The summed E-state index contributed by atoms with van der Waals surface area (Å²) in [6.07, 6.45) is 0. The molecule has 0 radical (unpaired) electrons. The van der Waals surface area contributed by atoms with E-state index in [1.54, 1.807) is 0 Å². The van der Waals surface area contributed by atoms with Crippen LogP contribution in [-0.2, 0) is 0 Å². The Morgan fingerprint density at radius 2 is 1.50 bits per heavy atom. The number of carbonyl (C=O) groups excluding carboxylic acids is 1. The Kier molecular flexibility index (Phi) is 3.53. The van der Waals surface area contributed by atoms with E-state index in [-0.39, 0.29) is 11.5 Å². The number of phenols is 2. The summed E-state index contributed by atoms with van der Waals surface area (Å²) in [7, 11) is 0. The minimum absolute atomic E-state index is 0.125. The van der Waals surface area contributed by atoms with Crippen LogP contribution in [0, 0.1) is 0 Å². The van der Waals surface area contributed by atoms with Gasteiger partial charge in [0.25, 0.3) is 0 Å². The standard InChI is InChI=1S/C17H14N2O3/c20-13-8-12(9-14(21)10-13)18-17(22)19-16-7-3-5-11-4-1-2-6-15(11)16/h1-10,20-21H,(H2,18,19,22). The molecule has 0 atom stereocenters. The molecule has 3 aromatic rings. The fourth-order valence-corrected chi connectivity index (χ4v) is 2.29. The fourth-order valence-electron chi connectivity index (χ4n) is 2.29. The molecule has 5 heteroatoms. The van der Waals surface area contributed by atoms with Gasteiger partial charge in [-0.2, -0.15) is 0 Å². The van der Waals surface area contributed by atoms with E-state index in [4.69, 9.17) is 0 Å². The SMILES string of the molecule is O=C(Nc1cc(O)cc(O)c1)Nc1cccc2ccccc12. The van der Waals surface area contributed by atoms with Gasteiger partial charge in [0.05, 0.1) is 5.69 Å². The summed E-state index contributed by atoms with van der Waals surface area (Å²) in [6, 6.07) is 16.8. The first-order valence-electron chi connectivity index (χ1n) is 6.70. The summed E-state index contributed by atoms with van der Waals surface area (Å²) in [4.78, 5) is 12.1. The number of amides is 2. The maximum Gasteiger partial charge on any atom is 0.323 e. The molecule has 22 heavy (non-hydrogen) atoms. The second-order valence-electron chi connectivity index (χ2n) is 4.84. The Labute approximate surface area is 126 Å². The highest BCUT2D eigenvalue weighted by Crippen LogP contribution is 2.25. The quantitative estimate of drug-likeness (QED) is 0.578. The molecule has 3 aromatic carbocycles. The van der Waals surface area contributed by atoms with E-state index in [0.717, 1.165) is 10.8 Å². The normalized spacial score (nSPS) is 10.4. The maximum atomic E-state index is 12.1. The lowest BCUT2D eigenvalue weighted by Crippen LogP contribution is -2.19. The number of benzene rings is 3. The Hall–Kier alpha value is -3.21. The van der Waals surface area contributed by atoms with Gasteiger partial charge < -0.3 is 20.8 Å². The number of hydrogen-bond donors (Lipinski definition) is 4. The van der Waals surface area contributed by atoms with Gasteiger partial charge in [0.15, 0.2) is 0 Å². The average molecular weight is 294 g/mol. The van der Waals surface area contributed by atoms with Crippen molar-refractivity contribution in [2.75, 3.05) is 10.6 Å². The molecular formula is C17H14N2O3. The first kappa shape index (κ1) is 13.8. The number of nitrogens with one attached hydrogen (secondary N) is 2. The van der Waals surface area contributed by atoms with E-state index >= 15 is 0 Å². The summed E-state index contributed by atoms with van der Waals surface area (Å²) in [5, 5.41) is 26.1. The molecule has 2 amide bonds. The van der Waals surface area contributed by atoms with Crippen molar-refractivity contribution in [3.8, 4) is 11.5 Å². The van der Waals surface area contributed by atoms with Gasteiger partial charge in [-0.15, -0.1) is 0 Å². The van der Waals surface area contributed by atoms with Gasteiger partial charge in [0, 0.05) is 29.3 Å². The van der Waals surface area contributed by atoms with E-state index in [1.807, 2.05) is 42.5 Å². The van der Waals surface area contributed by atoms with E-state index in [2.05, 4.69) is 10.6 Å². The first-order chi connectivity index (χ1) is 10.6. The van der Waals surface area contributed by atoms with Crippen LogP contribution in [-0.4, -0.2) is 16.2 Å². The van der Waals surface area contributed by atoms with Gasteiger partial charge in [-0.25, -0.2) is 4.79 Å². The van der Waals surface area contributed by atoms with Crippen LogP contribution < -0.4 is 10.6 Å². The van der Waals surface area contributed by atoms with Crippen LogP contribution in [0.2, 0.25) is 0 Å². The third-order valence-electron chi connectivity index (χ3n) is 3.20. The average Bonchev–Trinajstić information content (AvgIpc) is 2.46. The second-order valence-corrected chi connectivity index (χ2v) is 4.84. The number of hydrogen-bond acceptors (Lipinski definition) is 3. The highest BCUT2D eigenvalue weighted by Gasteiger charge is 2.07. The molecule has 0 fully saturated rings. The third kappa shape index (κ3) is 2.93. The minimum Gasteiger partial charge on any atom is -0.508 e. The number of aromatic hydroxyl groups is 2. The highest BCUT2D eigenvalue weighted by molar-refractivity contribution is 6.06. The van der Waals surface area contributed by atoms with E-state index < -0.39 is 6.03 Å². The molecule has 0 aromatic heterocycles. The van der Waals surface area contributed by atoms with Crippen LogP contribution in [0.15, 0.2) is 60.7 Å². The smallest absolute Gasteiger partial charge is 0.323 e. The fraction of sp³-hybridized carbons (Fsp3) is 0. The zero-order valence-corrected chi connectivity index (χ0v) is 11.6. The summed E-state index contributed by atoms with van der Waals surface area (Å²) in [5.41, 5.74) is 0.982. The van der Waals surface area contributed by atoms with Crippen molar-refractivity contribution in [3.63, 3.8) is 0 Å². The van der Waals surface area contributed by atoms with Gasteiger partial charge in [0.1, 0.15) is 11.5 Å². The minimum atomic E-state index is -0.457. The van der Waals surface area contributed by atoms with Crippen molar-refractivity contribution in [2.45, 2.75) is 0 Å². The van der Waals surface area contributed by atoms with Crippen LogP contribution in [0.25, 0.3) is 10.8 Å². The highest BCUT2D eigenvalue weighted by atomic mass is 16.3. The number of carbonyl (C=O) groups is 1. The Balaban J connectivity index is 1.81. The molecule has 3 rings (SSSR count). The molecule has 0 bridgehead atoms. The summed E-state index contributed by atoms with van der Waals surface area (Å²) >= 11 is 0. The molecule has 0 spiro atoms. The Bertz CT molecular complexity index is 821. The van der Waals surface area contributed by atoms with Crippen molar-refractivity contribution in [1.29, 1.82) is 0 Å². The van der Waals surface area contributed by atoms with Crippen LogP contribution >= 0.6 is 0 Å². The summed E-state index contributed by atoms with van der Waals surface area (Å²) in [6.45, 7) is 0. The lowest BCUT2D eigenvalue weighted by Gasteiger charge is -2.10. The van der Waals surface area contributed by atoms with Gasteiger partial charge in [-0.05, 0) is 11.5 Å². The largest absolute Gasteiger partial charge is 0.508 e. The van der Waals surface area contributed by atoms with E-state index in [1.165, 1.54) is 18.2 Å². The summed E-state index contributed by atoms with van der Waals surface area (Å²) < 4.78 is 0. The predicted octanol–water partition coefficient (Wildman–Crippen LogP) is 3.90. The number of rotatable bonds is 2. The second kappa shape index (κ2) is 5.65. The molecule has 4 N–H and O–H groups in total. The zero-order chi connectivity index (χ0) is 15.5. The van der Waals surface area contributed by atoms with Gasteiger partial charge in [-0.3, -0.25) is 0 Å². The molecule has 0 aliphatic rings. The molecule has 0 heterocycles. The monoisotopic (exact) mass is 294 g/mol. The first-order valence-corrected chi connectivity index (χ1v) is 6.70. The van der Waals surface area contributed by atoms with Crippen LogP contribution in [0.3, 0.4) is 0 Å². The van der Waals surface area contributed by atoms with E-state index in [9.17, 15) is 15.0 Å². The number of phenolic OH excluding ortho intramolecular Hbond substituents is 2. The van der Waals surface area contributed by atoms with Crippen molar-refractivity contribution in [2.24, 2.45) is 0 Å². The molecule has 5 nitrogen and oxygen atoms in total. The molecule has 0 unspecified atom stereocenters. The number of anilines is 2. The summed E-state index contributed by atoms with van der Waals surface area (Å²) in [5.74, 6) is -0.249. The molecule has 0 saturated carbocycles. The zero-order valence-electron chi connectivity index (χ0n) is 11.6. The number of urea groups is 1. The third-order valence-corrected chi connectivity index (χ3v) is 3.20. The molecule has 0 aliphatic heterocycles. The van der Waals surface area contributed by atoms with Crippen molar-refractivity contribution in [1.82, 2.24) is 0 Å².